The van der Waals surface area contributed by atoms with Gasteiger partial charge in [0, 0.05) is 18.4 Å². The van der Waals surface area contributed by atoms with Gasteiger partial charge in [0.05, 0.1) is 6.10 Å². The topological polar surface area (TPSA) is 83.5 Å². The number of aliphatic hydroxyl groups excluding tert-OH is 1. The van der Waals surface area contributed by atoms with Crippen molar-refractivity contribution in [2.45, 2.75) is 31.9 Å². The average molecular weight is 185 g/mol. The number of hydrogen-bond donors (Lipinski definition) is 3. The maximum Gasteiger partial charge on any atom is 0.300 e. The molecule has 0 heterocycles. The normalized spacial score (nSPS) is 32.5. The van der Waals surface area contributed by atoms with E-state index in [0.29, 0.717) is 0 Å². The Morgan fingerprint density at radius 1 is 1.54 bits per heavy atom. The van der Waals surface area contributed by atoms with Crippen molar-refractivity contribution in [1.82, 2.24) is 0 Å². The lowest BCUT2D eigenvalue weighted by Crippen LogP contribution is -2.32. The minimum absolute atomic E-state index is 0.0833. The van der Waals surface area contributed by atoms with E-state index >= 15 is 0 Å². The molecule has 1 saturated carbocycles. The third kappa shape index (κ3) is 2.08. The molecular formula is C9H15NO3. The van der Waals surface area contributed by atoms with Crippen molar-refractivity contribution in [3.63, 3.8) is 0 Å². The summed E-state index contributed by atoms with van der Waals surface area (Å²) in [5, 5.41) is 16.7. The molecule has 0 aromatic carbocycles. The molecule has 4 nitrogen and oxygen atoms in total. The molecule has 0 saturated heterocycles. The molecule has 0 unspecified atom stereocenters. The molecule has 0 radical (unpaired) electrons. The van der Waals surface area contributed by atoms with Crippen LogP contribution in [0, 0.1) is 5.41 Å². The Hall–Kier alpha value is -0.870. The third-order valence-corrected chi connectivity index (χ3v) is 2.58. The van der Waals surface area contributed by atoms with E-state index in [1.165, 1.54) is 0 Å². The summed E-state index contributed by atoms with van der Waals surface area (Å²) in [5.41, 5.74) is 5.80. The van der Waals surface area contributed by atoms with Crippen LogP contribution in [0.5, 0.6) is 0 Å². The molecule has 0 aromatic rings. The second-order valence-electron chi connectivity index (χ2n) is 3.61. The molecule has 2 aliphatic rings. The summed E-state index contributed by atoms with van der Waals surface area (Å²) in [6, 6.07) is 0.118. The molecule has 2 aliphatic carbocycles. The zero-order valence-electron chi connectivity index (χ0n) is 7.60. The highest BCUT2D eigenvalue weighted by Gasteiger charge is 2.54. The van der Waals surface area contributed by atoms with Gasteiger partial charge in [-0.05, 0) is 12.8 Å². The molecule has 13 heavy (non-hydrogen) atoms. The number of aliphatic hydroxyl groups is 1. The number of rotatable bonds is 0. The smallest absolute Gasteiger partial charge is 0.300 e. The molecule has 1 spiro atoms. The third-order valence-electron chi connectivity index (χ3n) is 2.58. The largest absolute Gasteiger partial charge is 0.481 e. The molecule has 4 heteroatoms. The Kier molecular flexibility index (Phi) is 2.73. The van der Waals surface area contributed by atoms with E-state index in [1.54, 1.807) is 0 Å². The SMILES string of the molecule is CC(=O)O.N[C@H]1C=C[C@@H](O)C12CC2. The van der Waals surface area contributed by atoms with Gasteiger partial charge in [-0.1, -0.05) is 12.2 Å². The van der Waals surface area contributed by atoms with E-state index in [1.807, 2.05) is 12.2 Å². The van der Waals surface area contributed by atoms with E-state index in [-0.39, 0.29) is 17.6 Å². The van der Waals surface area contributed by atoms with Gasteiger partial charge < -0.3 is 15.9 Å². The van der Waals surface area contributed by atoms with Crippen LogP contribution in [0.15, 0.2) is 12.2 Å². The van der Waals surface area contributed by atoms with Gasteiger partial charge in [-0.25, -0.2) is 0 Å². The van der Waals surface area contributed by atoms with Crippen LogP contribution < -0.4 is 5.73 Å². The summed E-state index contributed by atoms with van der Waals surface area (Å²) in [6.07, 6.45) is 5.67. The van der Waals surface area contributed by atoms with Crippen LogP contribution in [0.1, 0.15) is 19.8 Å². The zero-order valence-corrected chi connectivity index (χ0v) is 7.60. The van der Waals surface area contributed by atoms with Crippen LogP contribution >= 0.6 is 0 Å². The lowest BCUT2D eigenvalue weighted by atomic mass is 9.98. The predicted molar refractivity (Wildman–Crippen MR) is 48.1 cm³/mol. The monoisotopic (exact) mass is 185 g/mol. The number of aliphatic carboxylic acids is 1. The van der Waals surface area contributed by atoms with E-state index in [4.69, 9.17) is 15.6 Å². The Balaban J connectivity index is 0.000000184. The van der Waals surface area contributed by atoms with Crippen LogP contribution in [0.4, 0.5) is 0 Å². The molecule has 1 fully saturated rings. The highest BCUT2D eigenvalue weighted by molar-refractivity contribution is 5.62. The van der Waals surface area contributed by atoms with Crippen molar-refractivity contribution in [2.24, 2.45) is 11.1 Å². The van der Waals surface area contributed by atoms with Gasteiger partial charge in [0.1, 0.15) is 0 Å². The highest BCUT2D eigenvalue weighted by atomic mass is 16.4. The van der Waals surface area contributed by atoms with Gasteiger partial charge in [-0.2, -0.15) is 0 Å². The minimum atomic E-state index is -0.833. The van der Waals surface area contributed by atoms with E-state index in [9.17, 15) is 5.11 Å². The molecular weight excluding hydrogens is 170 g/mol. The fourth-order valence-electron chi connectivity index (χ4n) is 1.58. The van der Waals surface area contributed by atoms with Crippen molar-refractivity contribution >= 4 is 5.97 Å². The second kappa shape index (κ2) is 3.47. The van der Waals surface area contributed by atoms with Crippen molar-refractivity contribution in [3.05, 3.63) is 12.2 Å². The Morgan fingerprint density at radius 2 is 2.00 bits per heavy atom. The molecule has 4 N–H and O–H groups in total. The molecule has 2 atom stereocenters. The summed E-state index contributed by atoms with van der Waals surface area (Å²) in [4.78, 5) is 9.00. The Bertz CT molecular complexity index is 215. The average Bonchev–Trinajstić information content (AvgIpc) is 2.73. The quantitative estimate of drug-likeness (QED) is 0.468. The van der Waals surface area contributed by atoms with E-state index in [2.05, 4.69) is 0 Å². The lowest BCUT2D eigenvalue weighted by Gasteiger charge is -2.16. The number of hydrogen-bond acceptors (Lipinski definition) is 3. The predicted octanol–water partition coefficient (Wildman–Crippen LogP) is 0.115. The maximum absolute atomic E-state index is 9.32. The standard InChI is InChI=1S/C7H11NO.C2H4O2/c8-5-1-2-6(9)7(5)3-4-7;1-2(3)4/h1-2,5-6,9H,3-4,8H2;1H3,(H,3,4)/t5-,6+;/m0./s1. The number of nitrogens with two attached hydrogens (primary N) is 1. The Labute approximate surface area is 77.1 Å². The first-order valence-electron chi connectivity index (χ1n) is 4.30. The molecule has 0 aromatic heterocycles. The van der Waals surface area contributed by atoms with Crippen LogP contribution in [0.3, 0.4) is 0 Å². The summed E-state index contributed by atoms with van der Waals surface area (Å²) in [7, 11) is 0. The minimum Gasteiger partial charge on any atom is -0.481 e. The molecule has 0 aliphatic heterocycles. The van der Waals surface area contributed by atoms with Gasteiger partial charge in [0.2, 0.25) is 0 Å². The van der Waals surface area contributed by atoms with Gasteiger partial charge in [-0.3, -0.25) is 4.79 Å². The molecule has 0 amide bonds. The highest BCUT2D eigenvalue weighted by Crippen LogP contribution is 2.54. The molecule has 0 bridgehead atoms. The van der Waals surface area contributed by atoms with Crippen LogP contribution in [-0.2, 0) is 4.79 Å². The van der Waals surface area contributed by atoms with Gasteiger partial charge in [-0.15, -0.1) is 0 Å². The van der Waals surface area contributed by atoms with Crippen molar-refractivity contribution in [3.8, 4) is 0 Å². The van der Waals surface area contributed by atoms with E-state index < -0.39 is 5.97 Å². The van der Waals surface area contributed by atoms with Crippen molar-refractivity contribution < 1.29 is 15.0 Å². The first-order chi connectivity index (χ1) is 5.99. The van der Waals surface area contributed by atoms with Crippen LogP contribution in [0.2, 0.25) is 0 Å². The summed E-state index contributed by atoms with van der Waals surface area (Å²) in [5.74, 6) is -0.833. The summed E-state index contributed by atoms with van der Waals surface area (Å²) in [6.45, 7) is 1.08. The lowest BCUT2D eigenvalue weighted by molar-refractivity contribution is -0.134. The zero-order chi connectivity index (χ0) is 10.1. The van der Waals surface area contributed by atoms with Gasteiger partial charge >= 0.3 is 0 Å². The second-order valence-corrected chi connectivity index (χ2v) is 3.61. The number of carboxylic acid groups (broad SMARTS) is 1. The first-order valence-corrected chi connectivity index (χ1v) is 4.30. The maximum atomic E-state index is 9.32. The Morgan fingerprint density at radius 3 is 2.15 bits per heavy atom. The number of carbonyl (C=O) groups is 1. The van der Waals surface area contributed by atoms with Crippen molar-refractivity contribution in [1.29, 1.82) is 0 Å². The first kappa shape index (κ1) is 10.2. The summed E-state index contributed by atoms with van der Waals surface area (Å²) >= 11 is 0. The fourth-order valence-corrected chi connectivity index (χ4v) is 1.58. The molecule has 2 rings (SSSR count). The number of carboxylic acids is 1. The van der Waals surface area contributed by atoms with Gasteiger partial charge in [0.15, 0.2) is 0 Å². The van der Waals surface area contributed by atoms with Crippen LogP contribution in [-0.4, -0.2) is 28.3 Å². The van der Waals surface area contributed by atoms with Crippen molar-refractivity contribution in [2.75, 3.05) is 0 Å². The fraction of sp³-hybridized carbons (Fsp3) is 0.667. The van der Waals surface area contributed by atoms with Crippen LogP contribution in [0.25, 0.3) is 0 Å². The van der Waals surface area contributed by atoms with Gasteiger partial charge in [0.25, 0.3) is 5.97 Å². The van der Waals surface area contributed by atoms with E-state index in [0.717, 1.165) is 19.8 Å². The molecule has 74 valence electrons. The summed E-state index contributed by atoms with van der Waals surface area (Å²) < 4.78 is 0.